The van der Waals surface area contributed by atoms with Gasteiger partial charge in [-0.3, -0.25) is 0 Å². The Morgan fingerprint density at radius 3 is 2.30 bits per heavy atom. The lowest BCUT2D eigenvalue weighted by Crippen LogP contribution is -1.86. The van der Waals surface area contributed by atoms with Crippen LogP contribution in [0.2, 0.25) is 0 Å². The van der Waals surface area contributed by atoms with E-state index in [9.17, 15) is 0 Å². The highest BCUT2D eigenvalue weighted by Crippen LogP contribution is 2.30. The lowest BCUT2D eigenvalue weighted by atomic mass is 10.1. The maximum Gasteiger partial charge on any atom is 0.0936 e. The number of rotatable bonds is 4. The van der Waals surface area contributed by atoms with E-state index in [2.05, 4.69) is 16.8 Å². The molecule has 2 N–H and O–H groups in total. The molecule has 0 radical (unpaired) electrons. The number of nitrogen functional groups attached to an aromatic ring is 1. The van der Waals surface area contributed by atoms with Crippen LogP contribution < -0.4 is 5.73 Å². The second kappa shape index (κ2) is 9.36. The third-order valence-corrected chi connectivity index (χ3v) is 3.04. The maximum absolute atomic E-state index is 5.98. The summed E-state index contributed by atoms with van der Waals surface area (Å²) in [5.74, 6) is 0. The minimum atomic E-state index is 0.748. The maximum atomic E-state index is 5.98. The van der Waals surface area contributed by atoms with Crippen molar-refractivity contribution in [3.05, 3.63) is 72.5 Å². The van der Waals surface area contributed by atoms with Gasteiger partial charge in [-0.2, -0.15) is 5.11 Å². The van der Waals surface area contributed by atoms with Crippen molar-refractivity contribution in [2.24, 2.45) is 10.2 Å². The fraction of sp³-hybridized carbons (Fsp3) is 0.200. The molecule has 0 bridgehead atoms. The summed E-state index contributed by atoms with van der Waals surface area (Å²) >= 11 is 0. The number of fused-ring (bicyclic) bond motifs is 1. The molecule has 23 heavy (non-hydrogen) atoms. The highest BCUT2D eigenvalue weighted by atomic mass is 15.1. The Balaban J connectivity index is 0.00000127. The normalized spacial score (nSPS) is 11.7. The molecule has 0 fully saturated rings. The van der Waals surface area contributed by atoms with Crippen LogP contribution in [0.4, 0.5) is 11.4 Å². The van der Waals surface area contributed by atoms with Crippen LogP contribution in [0.25, 0.3) is 10.8 Å². The number of benzene rings is 2. The molecule has 0 aliphatic heterocycles. The van der Waals surface area contributed by atoms with Gasteiger partial charge in [0.05, 0.1) is 11.4 Å². The molecule has 0 saturated heterocycles. The lowest BCUT2D eigenvalue weighted by Gasteiger charge is -2.04. The minimum Gasteiger partial charge on any atom is -0.398 e. The molecule has 3 nitrogen and oxygen atoms in total. The molecule has 0 saturated carbocycles. The molecule has 0 spiro atoms. The van der Waals surface area contributed by atoms with Gasteiger partial charge in [0.15, 0.2) is 0 Å². The Labute approximate surface area is 138 Å². The Morgan fingerprint density at radius 1 is 1.04 bits per heavy atom. The van der Waals surface area contributed by atoms with Crippen molar-refractivity contribution in [1.29, 1.82) is 0 Å². The number of hydrogen-bond donors (Lipinski definition) is 1. The van der Waals surface area contributed by atoms with Crippen molar-refractivity contribution >= 4 is 22.1 Å². The van der Waals surface area contributed by atoms with Crippen molar-refractivity contribution in [3.63, 3.8) is 0 Å². The van der Waals surface area contributed by atoms with Crippen molar-refractivity contribution in [2.45, 2.75) is 27.7 Å². The summed E-state index contributed by atoms with van der Waals surface area (Å²) in [6.07, 6.45) is 5.71. The molecular weight excluding hydrogens is 282 g/mol. The molecule has 3 heteroatoms. The Hall–Kier alpha value is -2.68. The van der Waals surface area contributed by atoms with E-state index in [1.165, 1.54) is 0 Å². The second-order valence-electron chi connectivity index (χ2n) is 4.81. The van der Waals surface area contributed by atoms with Crippen molar-refractivity contribution in [2.75, 3.05) is 5.73 Å². The van der Waals surface area contributed by atoms with E-state index in [1.807, 2.05) is 82.3 Å². The van der Waals surface area contributed by atoms with Gasteiger partial charge in [-0.1, -0.05) is 62.4 Å². The molecule has 2 aromatic rings. The van der Waals surface area contributed by atoms with Crippen LogP contribution in [-0.2, 0) is 0 Å². The van der Waals surface area contributed by atoms with Gasteiger partial charge in [0.1, 0.15) is 0 Å². The van der Waals surface area contributed by atoms with Crippen LogP contribution in [0.15, 0.2) is 82.7 Å². The number of nitrogens with two attached hydrogens (primary N) is 1. The van der Waals surface area contributed by atoms with Gasteiger partial charge in [-0.05, 0) is 32.1 Å². The van der Waals surface area contributed by atoms with Crippen LogP contribution >= 0.6 is 0 Å². The monoisotopic (exact) mass is 307 g/mol. The highest BCUT2D eigenvalue weighted by Gasteiger charge is 2.02. The smallest absolute Gasteiger partial charge is 0.0936 e. The zero-order valence-corrected chi connectivity index (χ0v) is 14.4. The van der Waals surface area contributed by atoms with E-state index < -0.39 is 0 Å². The van der Waals surface area contributed by atoms with E-state index in [-0.39, 0.29) is 0 Å². The highest BCUT2D eigenvalue weighted by molar-refractivity contribution is 5.99. The molecule has 0 atom stereocenters. The molecule has 0 heterocycles. The largest absolute Gasteiger partial charge is 0.398 e. The van der Waals surface area contributed by atoms with Crippen LogP contribution in [0.1, 0.15) is 27.7 Å². The number of hydrogen-bond acceptors (Lipinski definition) is 3. The molecule has 0 aromatic heterocycles. The average molecular weight is 307 g/mol. The van der Waals surface area contributed by atoms with E-state index in [0.29, 0.717) is 0 Å². The molecule has 2 rings (SSSR count). The molecule has 0 unspecified atom stereocenters. The van der Waals surface area contributed by atoms with Gasteiger partial charge < -0.3 is 5.73 Å². The van der Waals surface area contributed by atoms with Gasteiger partial charge in [-0.15, -0.1) is 5.11 Å². The zero-order chi connectivity index (χ0) is 17.2. The van der Waals surface area contributed by atoms with E-state index in [4.69, 9.17) is 5.73 Å². The van der Waals surface area contributed by atoms with E-state index in [0.717, 1.165) is 33.4 Å². The number of nitrogens with zero attached hydrogens (tertiary/aromatic N) is 2. The summed E-state index contributed by atoms with van der Waals surface area (Å²) in [4.78, 5) is 0. The number of allylic oxidation sites excluding steroid dienone is 4. The third-order valence-electron chi connectivity index (χ3n) is 3.04. The molecular formula is C20H25N3. The fourth-order valence-corrected chi connectivity index (χ4v) is 1.92. The summed E-state index contributed by atoms with van der Waals surface area (Å²) in [5, 5.41) is 10.6. The van der Waals surface area contributed by atoms with Crippen LogP contribution in [0.3, 0.4) is 0 Å². The lowest BCUT2D eigenvalue weighted by molar-refractivity contribution is 1.17. The zero-order valence-electron chi connectivity index (χ0n) is 14.4. The van der Waals surface area contributed by atoms with Gasteiger partial charge >= 0.3 is 0 Å². The molecule has 0 aliphatic rings. The first-order valence-electron chi connectivity index (χ1n) is 7.80. The topological polar surface area (TPSA) is 50.7 Å². The summed E-state index contributed by atoms with van der Waals surface area (Å²) in [6, 6.07) is 11.7. The Bertz CT molecular complexity index is 753. The quantitative estimate of drug-likeness (QED) is 0.387. The van der Waals surface area contributed by atoms with Gasteiger partial charge in [0.2, 0.25) is 0 Å². The van der Waals surface area contributed by atoms with Crippen molar-refractivity contribution in [1.82, 2.24) is 0 Å². The van der Waals surface area contributed by atoms with Gasteiger partial charge in [-0.25, -0.2) is 0 Å². The first-order chi connectivity index (χ1) is 11.1. The van der Waals surface area contributed by atoms with Gasteiger partial charge in [0, 0.05) is 16.5 Å². The minimum absolute atomic E-state index is 0.748. The molecule has 120 valence electrons. The van der Waals surface area contributed by atoms with Crippen molar-refractivity contribution < 1.29 is 0 Å². The fourth-order valence-electron chi connectivity index (χ4n) is 1.92. The van der Waals surface area contributed by atoms with E-state index >= 15 is 0 Å². The molecule has 0 amide bonds. The summed E-state index contributed by atoms with van der Waals surface area (Å²) < 4.78 is 0. The Kier molecular flexibility index (Phi) is 7.48. The SMILES string of the molecule is C=C(C)/C=C\C(=C/C)N=Nc1ccc(N)c2ccccc12.CC. The third kappa shape index (κ3) is 5.22. The first-order valence-corrected chi connectivity index (χ1v) is 7.80. The Morgan fingerprint density at radius 2 is 1.70 bits per heavy atom. The average Bonchev–Trinajstić information content (AvgIpc) is 2.58. The number of anilines is 1. The standard InChI is InChI=1S/C18H19N3.C2H6/c1-4-14(10-9-13(2)3)20-21-18-12-11-17(19)15-7-5-6-8-16(15)18;1-2/h4-12H,2,19H2,1,3H3;1-2H3/b10-9-,14-4+,21-20?;. The van der Waals surface area contributed by atoms with Crippen molar-refractivity contribution in [3.8, 4) is 0 Å². The van der Waals surface area contributed by atoms with Crippen LogP contribution in [0.5, 0.6) is 0 Å². The summed E-state index contributed by atoms with van der Waals surface area (Å²) in [5.41, 5.74) is 9.31. The van der Waals surface area contributed by atoms with E-state index in [1.54, 1.807) is 0 Å². The van der Waals surface area contributed by atoms with Crippen LogP contribution in [0, 0.1) is 0 Å². The second-order valence-corrected chi connectivity index (χ2v) is 4.81. The predicted molar refractivity (Wildman–Crippen MR) is 102 cm³/mol. The molecule has 2 aromatic carbocycles. The first kappa shape index (κ1) is 18.4. The number of azo groups is 1. The van der Waals surface area contributed by atoms with Gasteiger partial charge in [0.25, 0.3) is 0 Å². The van der Waals surface area contributed by atoms with Crippen LogP contribution in [-0.4, -0.2) is 0 Å². The predicted octanol–water partition coefficient (Wildman–Crippen LogP) is 6.57. The summed E-state index contributed by atoms with van der Waals surface area (Å²) in [6.45, 7) is 11.7. The summed E-state index contributed by atoms with van der Waals surface area (Å²) in [7, 11) is 0. The molecule has 0 aliphatic carbocycles.